The molecule has 6 atom stereocenters. The predicted molar refractivity (Wildman–Crippen MR) is 154 cm³/mol. The van der Waals surface area contributed by atoms with Gasteiger partial charge in [-0.15, -0.1) is 0 Å². The minimum atomic E-state index is -4.06. The maximum absolute atomic E-state index is 14.0. The molecule has 1 aliphatic rings. The number of anilines is 1. The van der Waals surface area contributed by atoms with Crippen molar-refractivity contribution in [3.05, 3.63) is 6.33 Å². The molecule has 0 aliphatic carbocycles. The molecule has 240 valence electrons. The van der Waals surface area contributed by atoms with E-state index in [1.54, 1.807) is 13.8 Å². The number of amides is 3. The van der Waals surface area contributed by atoms with Crippen LogP contribution in [0.25, 0.3) is 11.2 Å². The Kier molecular flexibility index (Phi) is 11.3. The van der Waals surface area contributed by atoms with Gasteiger partial charge in [0, 0.05) is 27.0 Å². The standard InChI is InChI=1S/C23H37N8O10PS/c1-11(2)41-21(35)12(3)28-42(37,43-9-13-19(33)30(5)23(36)29(13)4)40-8-14(38-6)16(32)20(34)31-10-25-15-17(31)26-22(24)27-18(15)39-7/h10-14,16,20,32,34H,8-9H2,1-7H3,(H,28,37)(H2,24,26,27)/t12-,13?,14-,16-,20?,42+/m1/s1. The van der Waals surface area contributed by atoms with Gasteiger partial charge in [-0.05, 0) is 20.8 Å². The van der Waals surface area contributed by atoms with Crippen LogP contribution in [0.1, 0.15) is 27.0 Å². The fourth-order valence-corrected chi connectivity index (χ4v) is 7.98. The molecule has 1 aliphatic heterocycles. The highest BCUT2D eigenvalue weighted by atomic mass is 32.7. The zero-order valence-corrected chi connectivity index (χ0v) is 26.4. The summed E-state index contributed by atoms with van der Waals surface area (Å²) >= 11 is 0.689. The number of aromatic nitrogens is 4. The molecule has 2 aromatic rings. The molecular weight excluding hydrogens is 611 g/mol. The monoisotopic (exact) mass is 648 g/mol. The minimum absolute atomic E-state index is 0.0583. The average molecular weight is 649 g/mol. The summed E-state index contributed by atoms with van der Waals surface area (Å²) in [7, 11) is 5.36. The molecule has 0 radical (unpaired) electrons. The lowest BCUT2D eigenvalue weighted by molar-refractivity contribution is -0.149. The van der Waals surface area contributed by atoms with E-state index in [-0.39, 0.29) is 28.7 Å². The number of ether oxygens (including phenoxy) is 3. The molecule has 1 saturated heterocycles. The van der Waals surface area contributed by atoms with Crippen LogP contribution >= 0.6 is 18.1 Å². The molecule has 2 aromatic heterocycles. The number of fused-ring (bicyclic) bond motifs is 1. The Balaban J connectivity index is 1.80. The molecule has 43 heavy (non-hydrogen) atoms. The number of aliphatic hydroxyl groups is 2. The van der Waals surface area contributed by atoms with Gasteiger partial charge in [0.05, 0.1) is 26.1 Å². The van der Waals surface area contributed by atoms with Crippen LogP contribution in [0.5, 0.6) is 5.88 Å². The van der Waals surface area contributed by atoms with Crippen molar-refractivity contribution < 1.29 is 47.9 Å². The van der Waals surface area contributed by atoms with Crippen molar-refractivity contribution in [1.29, 1.82) is 0 Å². The lowest BCUT2D eigenvalue weighted by Gasteiger charge is -2.29. The topological polar surface area (TPSA) is 234 Å². The summed E-state index contributed by atoms with van der Waals surface area (Å²) in [6.07, 6.45) is -3.89. The lowest BCUT2D eigenvalue weighted by Crippen LogP contribution is -2.40. The number of carbonyl (C=O) groups is 3. The van der Waals surface area contributed by atoms with Crippen molar-refractivity contribution in [3.63, 3.8) is 0 Å². The number of imide groups is 1. The van der Waals surface area contributed by atoms with Gasteiger partial charge >= 0.3 is 18.7 Å². The Morgan fingerprint density at radius 3 is 2.44 bits per heavy atom. The minimum Gasteiger partial charge on any atom is -0.479 e. The zero-order chi connectivity index (χ0) is 32.2. The van der Waals surface area contributed by atoms with Gasteiger partial charge in [-0.3, -0.25) is 23.6 Å². The fraction of sp³-hybridized carbons (Fsp3) is 0.652. The van der Waals surface area contributed by atoms with Gasteiger partial charge in [0.1, 0.15) is 24.3 Å². The number of nitrogen functional groups attached to an aromatic ring is 1. The van der Waals surface area contributed by atoms with Crippen LogP contribution in [0.15, 0.2) is 6.33 Å². The maximum Gasteiger partial charge on any atom is 0.327 e. The summed E-state index contributed by atoms with van der Waals surface area (Å²) in [5.41, 5.74) is 5.97. The predicted octanol–water partition coefficient (Wildman–Crippen LogP) is -0.0361. The first-order valence-corrected chi connectivity index (χ1v) is 16.2. The van der Waals surface area contributed by atoms with E-state index < -0.39 is 67.9 Å². The smallest absolute Gasteiger partial charge is 0.327 e. The molecule has 3 rings (SSSR count). The number of aliphatic hydroxyl groups excluding tert-OH is 2. The lowest BCUT2D eigenvalue weighted by atomic mass is 10.2. The van der Waals surface area contributed by atoms with E-state index in [4.69, 9.17) is 24.5 Å². The second kappa shape index (κ2) is 14.1. The molecule has 0 saturated carbocycles. The molecule has 0 bridgehead atoms. The van der Waals surface area contributed by atoms with E-state index >= 15 is 0 Å². The van der Waals surface area contributed by atoms with Gasteiger partial charge in [-0.2, -0.15) is 9.97 Å². The SMILES string of the molecule is COc1nc(N)nc2c1ncn2C(O)[C@H](O)[C@@H](CO[P@@](=O)(N[C@H](C)C(=O)OC(C)C)SCC1C(=O)N(C)C(=O)N1C)OC. The fourth-order valence-electron chi connectivity index (χ4n) is 4.02. The Morgan fingerprint density at radius 1 is 1.21 bits per heavy atom. The molecule has 3 amide bonds. The number of carbonyl (C=O) groups excluding carboxylic acids is 3. The van der Waals surface area contributed by atoms with Gasteiger partial charge in [-0.1, -0.05) is 11.4 Å². The summed E-state index contributed by atoms with van der Waals surface area (Å²) in [6.45, 7) is 0.124. The highest BCUT2D eigenvalue weighted by Crippen LogP contribution is 2.57. The van der Waals surface area contributed by atoms with E-state index in [0.717, 1.165) is 9.47 Å². The third-order valence-corrected chi connectivity index (χ3v) is 10.5. The second-order valence-corrected chi connectivity index (χ2v) is 14.1. The van der Waals surface area contributed by atoms with E-state index in [1.165, 1.54) is 46.5 Å². The van der Waals surface area contributed by atoms with Crippen molar-refractivity contribution in [2.45, 2.75) is 57.4 Å². The number of imidazole rings is 1. The van der Waals surface area contributed by atoms with Crippen molar-refractivity contribution in [2.75, 3.05) is 46.4 Å². The van der Waals surface area contributed by atoms with Crippen LogP contribution in [-0.2, 0) is 28.2 Å². The number of nitrogens with zero attached hydrogens (tertiary/aromatic N) is 6. The van der Waals surface area contributed by atoms with Gasteiger partial charge in [-0.25, -0.2) is 14.9 Å². The normalized spacial score (nSPS) is 19.9. The Labute approximate surface area is 251 Å². The van der Waals surface area contributed by atoms with Crippen LogP contribution < -0.4 is 15.6 Å². The number of methoxy groups -OCH3 is 2. The first-order valence-electron chi connectivity index (χ1n) is 13.0. The number of nitrogens with one attached hydrogen (secondary N) is 1. The summed E-state index contributed by atoms with van der Waals surface area (Å²) in [6, 6.07) is -2.57. The number of urea groups is 1. The highest BCUT2D eigenvalue weighted by molar-refractivity contribution is 8.56. The number of rotatable bonds is 15. The number of nitrogens with two attached hydrogens (primary N) is 1. The first kappa shape index (κ1) is 34.4. The maximum atomic E-state index is 14.0. The molecule has 0 aromatic carbocycles. The molecule has 20 heteroatoms. The molecule has 5 N–H and O–H groups in total. The molecule has 2 unspecified atom stereocenters. The molecule has 0 spiro atoms. The summed E-state index contributed by atoms with van der Waals surface area (Å²) < 4.78 is 36.5. The quantitative estimate of drug-likeness (QED) is 0.113. The molecule has 3 heterocycles. The summed E-state index contributed by atoms with van der Waals surface area (Å²) in [5, 5.41) is 24.6. The number of hydrogen-bond donors (Lipinski definition) is 4. The van der Waals surface area contributed by atoms with Crippen LogP contribution in [0.4, 0.5) is 10.7 Å². The first-order chi connectivity index (χ1) is 20.1. The van der Waals surface area contributed by atoms with Gasteiger partial charge in [0.2, 0.25) is 11.8 Å². The van der Waals surface area contributed by atoms with E-state index in [1.807, 2.05) is 0 Å². The van der Waals surface area contributed by atoms with Crippen molar-refractivity contribution in [1.82, 2.24) is 34.4 Å². The van der Waals surface area contributed by atoms with Crippen LogP contribution in [0.2, 0.25) is 0 Å². The van der Waals surface area contributed by atoms with E-state index in [9.17, 15) is 29.2 Å². The van der Waals surface area contributed by atoms with Crippen LogP contribution in [-0.4, -0.2) is 129 Å². The molecule has 18 nitrogen and oxygen atoms in total. The largest absolute Gasteiger partial charge is 0.479 e. The van der Waals surface area contributed by atoms with Gasteiger partial charge in [0.15, 0.2) is 17.4 Å². The summed E-state index contributed by atoms with van der Waals surface area (Å²) in [4.78, 5) is 51.4. The molecular formula is C23H37N8O10PS. The van der Waals surface area contributed by atoms with Crippen molar-refractivity contribution >= 4 is 53.1 Å². The van der Waals surface area contributed by atoms with Crippen molar-refractivity contribution in [3.8, 4) is 5.88 Å². The number of hydrogen-bond acceptors (Lipinski definition) is 15. The van der Waals surface area contributed by atoms with E-state index in [2.05, 4.69) is 20.0 Å². The van der Waals surface area contributed by atoms with Crippen LogP contribution in [0, 0.1) is 0 Å². The highest BCUT2D eigenvalue weighted by Gasteiger charge is 2.43. The third kappa shape index (κ3) is 7.72. The van der Waals surface area contributed by atoms with Gasteiger partial charge < -0.3 is 39.6 Å². The third-order valence-electron chi connectivity index (χ3n) is 6.41. The molecule has 1 fully saturated rings. The van der Waals surface area contributed by atoms with E-state index in [0.29, 0.717) is 11.4 Å². The average Bonchev–Trinajstić information content (AvgIpc) is 3.45. The zero-order valence-electron chi connectivity index (χ0n) is 24.7. The van der Waals surface area contributed by atoms with Gasteiger partial charge in [0.25, 0.3) is 5.91 Å². The Morgan fingerprint density at radius 2 is 1.88 bits per heavy atom. The number of esters is 1. The van der Waals surface area contributed by atoms with Crippen LogP contribution in [0.3, 0.4) is 0 Å². The van der Waals surface area contributed by atoms with Crippen molar-refractivity contribution in [2.24, 2.45) is 0 Å². The Hall–Kier alpha value is -3.06. The summed E-state index contributed by atoms with van der Waals surface area (Å²) in [5.74, 6) is -1.45. The second-order valence-electron chi connectivity index (χ2n) is 9.83. The number of likely N-dealkylation sites (N-methyl/N-ethyl adjacent to an activating group) is 2. The Bertz CT molecular complexity index is 1380.